The molecule has 3 rings (SSSR count). The standard InChI is InChI=1S/C17H16ClFN4O2/c1-20-17(25)23-14-5-3-10-11(6-7-21-15(10)14)16(24)22-9-2-4-13(19)12(18)8-9/h2,4,6-8,14H,3,5H2,1H3,(H,22,24)(H2,20,23,25). The van der Waals surface area contributed by atoms with Crippen LogP contribution >= 0.6 is 11.6 Å². The van der Waals surface area contributed by atoms with Crippen LogP contribution in [0.4, 0.5) is 14.9 Å². The zero-order valence-electron chi connectivity index (χ0n) is 13.4. The van der Waals surface area contributed by atoms with E-state index in [9.17, 15) is 14.0 Å². The summed E-state index contributed by atoms with van der Waals surface area (Å²) >= 11 is 5.74. The Labute approximate surface area is 148 Å². The van der Waals surface area contributed by atoms with Gasteiger partial charge in [0.1, 0.15) is 5.82 Å². The Balaban J connectivity index is 1.82. The van der Waals surface area contributed by atoms with Gasteiger partial charge in [0.15, 0.2) is 0 Å². The molecule has 1 atom stereocenters. The van der Waals surface area contributed by atoms with Crippen LogP contribution in [0, 0.1) is 5.82 Å². The number of urea groups is 1. The lowest BCUT2D eigenvalue weighted by Gasteiger charge is -2.13. The minimum absolute atomic E-state index is 0.0624. The number of nitrogens with zero attached hydrogens (tertiary/aromatic N) is 1. The van der Waals surface area contributed by atoms with Gasteiger partial charge in [-0.25, -0.2) is 9.18 Å². The van der Waals surface area contributed by atoms with Gasteiger partial charge < -0.3 is 16.0 Å². The number of nitrogens with one attached hydrogen (secondary N) is 3. The molecule has 130 valence electrons. The number of hydrogen-bond acceptors (Lipinski definition) is 3. The lowest BCUT2D eigenvalue weighted by Crippen LogP contribution is -2.35. The maximum Gasteiger partial charge on any atom is 0.315 e. The molecule has 1 aromatic heterocycles. The first-order valence-corrected chi connectivity index (χ1v) is 8.10. The summed E-state index contributed by atoms with van der Waals surface area (Å²) in [5.74, 6) is -0.880. The van der Waals surface area contributed by atoms with Crippen molar-refractivity contribution in [2.45, 2.75) is 18.9 Å². The van der Waals surface area contributed by atoms with Gasteiger partial charge in [-0.05, 0) is 42.7 Å². The fourth-order valence-electron chi connectivity index (χ4n) is 2.85. The van der Waals surface area contributed by atoms with Crippen LogP contribution in [-0.2, 0) is 6.42 Å². The van der Waals surface area contributed by atoms with E-state index in [0.29, 0.717) is 29.8 Å². The van der Waals surface area contributed by atoms with E-state index in [2.05, 4.69) is 20.9 Å². The number of carbonyl (C=O) groups is 2. The van der Waals surface area contributed by atoms with Crippen LogP contribution in [0.15, 0.2) is 30.5 Å². The molecule has 0 saturated carbocycles. The number of amides is 3. The first-order valence-electron chi connectivity index (χ1n) is 7.72. The van der Waals surface area contributed by atoms with Gasteiger partial charge in [-0.1, -0.05) is 11.6 Å². The van der Waals surface area contributed by atoms with E-state index in [0.717, 1.165) is 5.56 Å². The summed E-state index contributed by atoms with van der Waals surface area (Å²) in [6.07, 6.45) is 2.84. The van der Waals surface area contributed by atoms with Gasteiger partial charge >= 0.3 is 6.03 Å². The number of benzene rings is 1. The second kappa shape index (κ2) is 7.06. The van der Waals surface area contributed by atoms with E-state index in [1.807, 2.05) is 0 Å². The second-order valence-corrected chi connectivity index (χ2v) is 6.03. The predicted molar refractivity (Wildman–Crippen MR) is 92.3 cm³/mol. The Bertz CT molecular complexity index is 843. The van der Waals surface area contributed by atoms with Crippen molar-refractivity contribution in [3.8, 4) is 0 Å². The van der Waals surface area contributed by atoms with Crippen molar-refractivity contribution in [2.24, 2.45) is 0 Å². The van der Waals surface area contributed by atoms with Crippen LogP contribution in [-0.4, -0.2) is 24.0 Å². The van der Waals surface area contributed by atoms with E-state index >= 15 is 0 Å². The molecule has 1 unspecified atom stereocenters. The number of fused-ring (bicyclic) bond motifs is 1. The zero-order chi connectivity index (χ0) is 18.0. The highest BCUT2D eigenvalue weighted by Crippen LogP contribution is 2.32. The van der Waals surface area contributed by atoms with Crippen LogP contribution in [0.5, 0.6) is 0 Å². The highest BCUT2D eigenvalue weighted by molar-refractivity contribution is 6.31. The third-order valence-corrected chi connectivity index (χ3v) is 4.35. The molecule has 3 amide bonds. The molecule has 1 aromatic carbocycles. The summed E-state index contributed by atoms with van der Waals surface area (Å²) in [6.45, 7) is 0. The number of carbonyl (C=O) groups excluding carboxylic acids is 2. The van der Waals surface area contributed by atoms with Crippen molar-refractivity contribution >= 4 is 29.2 Å². The van der Waals surface area contributed by atoms with Crippen molar-refractivity contribution in [3.63, 3.8) is 0 Å². The highest BCUT2D eigenvalue weighted by atomic mass is 35.5. The normalized spacial score (nSPS) is 15.4. The van der Waals surface area contributed by atoms with Gasteiger partial charge in [-0.15, -0.1) is 0 Å². The molecule has 6 nitrogen and oxygen atoms in total. The van der Waals surface area contributed by atoms with Crippen LogP contribution in [0.2, 0.25) is 5.02 Å². The molecule has 0 fully saturated rings. The maximum atomic E-state index is 13.2. The topological polar surface area (TPSA) is 83.1 Å². The third-order valence-electron chi connectivity index (χ3n) is 4.06. The van der Waals surface area contributed by atoms with Gasteiger partial charge in [0, 0.05) is 24.5 Å². The number of pyridine rings is 1. The third kappa shape index (κ3) is 3.56. The molecular formula is C17H16ClFN4O2. The molecule has 8 heteroatoms. The second-order valence-electron chi connectivity index (χ2n) is 5.62. The highest BCUT2D eigenvalue weighted by Gasteiger charge is 2.29. The van der Waals surface area contributed by atoms with E-state index in [1.165, 1.54) is 31.4 Å². The Hall–Kier alpha value is -2.67. The first kappa shape index (κ1) is 17.2. The van der Waals surface area contributed by atoms with Gasteiger partial charge in [0.25, 0.3) is 5.91 Å². The van der Waals surface area contributed by atoms with Gasteiger partial charge in [0.2, 0.25) is 0 Å². The van der Waals surface area contributed by atoms with Crippen molar-refractivity contribution < 1.29 is 14.0 Å². The molecule has 0 bridgehead atoms. The van der Waals surface area contributed by atoms with E-state index in [1.54, 1.807) is 6.07 Å². The molecule has 25 heavy (non-hydrogen) atoms. The number of anilines is 1. The van der Waals surface area contributed by atoms with E-state index < -0.39 is 5.82 Å². The summed E-state index contributed by atoms with van der Waals surface area (Å²) in [7, 11) is 1.54. The smallest absolute Gasteiger partial charge is 0.315 e. The molecule has 1 aliphatic rings. The minimum Gasteiger partial charge on any atom is -0.341 e. The van der Waals surface area contributed by atoms with Crippen LogP contribution in [0.1, 0.15) is 34.1 Å². The average Bonchev–Trinajstić information content (AvgIpc) is 3.01. The molecule has 0 spiro atoms. The molecular weight excluding hydrogens is 347 g/mol. The van der Waals surface area contributed by atoms with Crippen molar-refractivity contribution in [1.29, 1.82) is 0 Å². The van der Waals surface area contributed by atoms with Crippen LogP contribution in [0.3, 0.4) is 0 Å². The maximum absolute atomic E-state index is 13.2. The first-order chi connectivity index (χ1) is 12.0. The molecule has 0 radical (unpaired) electrons. The summed E-state index contributed by atoms with van der Waals surface area (Å²) in [4.78, 5) is 28.4. The van der Waals surface area contributed by atoms with Crippen molar-refractivity contribution in [3.05, 3.63) is 58.1 Å². The summed E-state index contributed by atoms with van der Waals surface area (Å²) < 4.78 is 13.2. The zero-order valence-corrected chi connectivity index (χ0v) is 14.2. The predicted octanol–water partition coefficient (Wildman–Crippen LogP) is 3.04. The molecule has 1 heterocycles. The average molecular weight is 363 g/mol. The quantitative estimate of drug-likeness (QED) is 0.784. The molecule has 0 aliphatic heterocycles. The summed E-state index contributed by atoms with van der Waals surface area (Å²) in [6, 6.07) is 5.08. The summed E-state index contributed by atoms with van der Waals surface area (Å²) in [5.41, 5.74) is 2.37. The lowest BCUT2D eigenvalue weighted by atomic mass is 10.1. The number of hydrogen-bond donors (Lipinski definition) is 3. The fourth-order valence-corrected chi connectivity index (χ4v) is 3.03. The van der Waals surface area contributed by atoms with E-state index in [-0.39, 0.29) is 23.0 Å². The van der Waals surface area contributed by atoms with Crippen molar-refractivity contribution in [2.75, 3.05) is 12.4 Å². The van der Waals surface area contributed by atoms with Crippen LogP contribution < -0.4 is 16.0 Å². The van der Waals surface area contributed by atoms with Gasteiger partial charge in [-0.2, -0.15) is 0 Å². The molecule has 1 aliphatic carbocycles. The molecule has 0 saturated heterocycles. The number of aromatic nitrogens is 1. The Morgan fingerprint density at radius 2 is 2.12 bits per heavy atom. The molecule has 2 aromatic rings. The Kier molecular flexibility index (Phi) is 4.85. The fraction of sp³-hybridized carbons (Fsp3) is 0.235. The summed E-state index contributed by atoms with van der Waals surface area (Å²) in [5, 5.41) is 7.96. The Morgan fingerprint density at radius 1 is 1.32 bits per heavy atom. The van der Waals surface area contributed by atoms with Gasteiger partial charge in [0.05, 0.1) is 16.8 Å². The SMILES string of the molecule is CNC(=O)NC1CCc2c(C(=O)Nc3ccc(F)c(Cl)c3)ccnc21. The lowest BCUT2D eigenvalue weighted by molar-refractivity contribution is 0.102. The Morgan fingerprint density at radius 3 is 2.84 bits per heavy atom. The van der Waals surface area contributed by atoms with Crippen molar-refractivity contribution in [1.82, 2.24) is 15.6 Å². The van der Waals surface area contributed by atoms with E-state index in [4.69, 9.17) is 11.6 Å². The molecule has 3 N–H and O–H groups in total. The minimum atomic E-state index is -0.549. The van der Waals surface area contributed by atoms with Gasteiger partial charge in [-0.3, -0.25) is 9.78 Å². The number of halogens is 2. The van der Waals surface area contributed by atoms with Crippen LogP contribution in [0.25, 0.3) is 0 Å². The monoisotopic (exact) mass is 362 g/mol. The number of rotatable bonds is 3. The largest absolute Gasteiger partial charge is 0.341 e.